The monoisotopic (exact) mass is 473 g/mol. The van der Waals surface area contributed by atoms with E-state index in [2.05, 4.69) is 25.6 Å². The fourth-order valence-electron chi connectivity index (χ4n) is 3.68. The third-order valence-corrected chi connectivity index (χ3v) is 5.50. The Bertz CT molecular complexity index is 1270. The molecule has 176 valence electrons. The molecule has 0 radical (unpaired) electrons. The first-order valence-corrected chi connectivity index (χ1v) is 10.2. The van der Waals surface area contributed by atoms with Crippen LogP contribution in [0.25, 0.3) is 11.8 Å². The molecule has 2 aromatic carbocycles. The number of benzene rings is 2. The topological polar surface area (TPSA) is 94.5 Å². The minimum absolute atomic E-state index is 0.104. The lowest BCUT2D eigenvalue weighted by Crippen LogP contribution is -2.39. The summed E-state index contributed by atoms with van der Waals surface area (Å²) in [5, 5.41) is 25.7. The molecule has 0 saturated carbocycles. The molecule has 0 bridgehead atoms. The van der Waals surface area contributed by atoms with E-state index in [4.69, 9.17) is 0 Å². The van der Waals surface area contributed by atoms with E-state index in [-0.39, 0.29) is 24.1 Å². The molecule has 0 spiro atoms. The number of tetrazole rings is 1. The predicted molar refractivity (Wildman–Crippen MR) is 112 cm³/mol. The summed E-state index contributed by atoms with van der Waals surface area (Å²) in [6.45, 7) is 1.53. The Morgan fingerprint density at radius 3 is 2.44 bits per heavy atom. The van der Waals surface area contributed by atoms with Gasteiger partial charge < -0.3 is 5.11 Å². The van der Waals surface area contributed by atoms with Gasteiger partial charge in [0.05, 0.1) is 6.54 Å². The van der Waals surface area contributed by atoms with Crippen molar-refractivity contribution < 1.29 is 22.7 Å². The molecule has 34 heavy (non-hydrogen) atoms. The zero-order valence-electron chi connectivity index (χ0n) is 17.9. The number of hydrogen-bond acceptors (Lipinski definition) is 6. The molecule has 0 amide bonds. The number of aliphatic hydroxyl groups is 1. The van der Waals surface area contributed by atoms with Crippen molar-refractivity contribution in [2.75, 3.05) is 0 Å². The van der Waals surface area contributed by atoms with Gasteiger partial charge in [0.1, 0.15) is 41.9 Å². The van der Waals surface area contributed by atoms with Crippen LogP contribution in [0, 0.1) is 29.2 Å². The van der Waals surface area contributed by atoms with E-state index in [0.717, 1.165) is 29.2 Å². The highest BCUT2D eigenvalue weighted by Crippen LogP contribution is 2.36. The Morgan fingerprint density at radius 1 is 1.06 bits per heavy atom. The zero-order valence-corrected chi connectivity index (χ0v) is 17.9. The van der Waals surface area contributed by atoms with Gasteiger partial charge in [-0.2, -0.15) is 9.78 Å². The van der Waals surface area contributed by atoms with E-state index in [9.17, 15) is 22.7 Å². The van der Waals surface area contributed by atoms with Gasteiger partial charge in [0.15, 0.2) is 11.6 Å². The summed E-state index contributed by atoms with van der Waals surface area (Å²) in [4.78, 5) is 3.83. The molecule has 12 heteroatoms. The molecule has 0 aliphatic carbocycles. The zero-order chi connectivity index (χ0) is 24.3. The maximum atomic E-state index is 14.6. The van der Waals surface area contributed by atoms with Crippen LogP contribution in [-0.4, -0.2) is 40.1 Å². The van der Waals surface area contributed by atoms with Crippen molar-refractivity contribution in [3.63, 3.8) is 0 Å². The largest absolute Gasteiger partial charge is 0.383 e. The highest BCUT2D eigenvalue weighted by atomic mass is 19.1. The first kappa shape index (κ1) is 23.2. The lowest BCUT2D eigenvalue weighted by Gasteiger charge is -2.34. The van der Waals surface area contributed by atoms with Crippen LogP contribution in [0.4, 0.5) is 17.6 Å². The van der Waals surface area contributed by atoms with Crippen LogP contribution in [0.15, 0.2) is 55.4 Å². The van der Waals surface area contributed by atoms with Gasteiger partial charge in [0.2, 0.25) is 0 Å². The molecule has 4 aromatic rings. The van der Waals surface area contributed by atoms with Gasteiger partial charge in [0, 0.05) is 11.6 Å². The highest BCUT2D eigenvalue weighted by molar-refractivity contribution is 5.53. The summed E-state index contributed by atoms with van der Waals surface area (Å²) >= 11 is 0. The summed E-state index contributed by atoms with van der Waals surface area (Å²) < 4.78 is 59.2. The molecule has 0 aliphatic heterocycles. The third kappa shape index (κ3) is 4.71. The highest BCUT2D eigenvalue weighted by Gasteiger charge is 2.38. The number of rotatable bonds is 8. The Hall–Kier alpha value is -3.93. The molecule has 4 rings (SSSR count). The maximum Gasteiger partial charge on any atom is 0.152 e. The van der Waals surface area contributed by atoms with Crippen molar-refractivity contribution in [3.05, 3.63) is 89.8 Å². The molecule has 8 nitrogen and oxygen atoms in total. The first-order valence-electron chi connectivity index (χ1n) is 10.2. The Labute approximate surface area is 191 Å². The van der Waals surface area contributed by atoms with Gasteiger partial charge in [-0.25, -0.2) is 27.2 Å². The molecule has 0 unspecified atom stereocenters. The quantitative estimate of drug-likeness (QED) is 0.394. The third-order valence-electron chi connectivity index (χ3n) is 5.50. The summed E-state index contributed by atoms with van der Waals surface area (Å²) in [5.41, 5.74) is -2.07. The van der Waals surface area contributed by atoms with E-state index < -0.39 is 40.5 Å². The lowest BCUT2D eigenvalue weighted by atomic mass is 9.80. The molecule has 0 fully saturated rings. The minimum atomic E-state index is -1.78. The summed E-state index contributed by atoms with van der Waals surface area (Å²) in [7, 11) is 0. The van der Waals surface area contributed by atoms with Crippen LogP contribution < -0.4 is 0 Å². The van der Waals surface area contributed by atoms with Crippen LogP contribution in [-0.2, 0) is 12.1 Å². The van der Waals surface area contributed by atoms with Crippen molar-refractivity contribution in [2.24, 2.45) is 5.92 Å². The van der Waals surface area contributed by atoms with Crippen molar-refractivity contribution in [2.45, 2.75) is 25.5 Å². The number of nitrogens with zero attached hydrogens (tertiary/aromatic N) is 7. The average Bonchev–Trinajstić information content (AvgIpc) is 3.47. The Balaban J connectivity index is 1.58. The maximum absolute atomic E-state index is 14.6. The molecule has 2 aromatic heterocycles. The second-order valence-electron chi connectivity index (χ2n) is 7.77. The molecule has 0 aliphatic rings. The predicted octanol–water partition coefficient (Wildman–Crippen LogP) is 3.44. The molecular formula is C22H19F4N7O. The van der Waals surface area contributed by atoms with Gasteiger partial charge in [-0.3, -0.25) is 0 Å². The molecule has 1 N–H and O–H groups in total. The standard InChI is InChI=1S/C22H19F4N7O/c1-14(3-2-4-15-7-19(25)21(20(26)8-15)33-13-28-30-31-33)22(34,10-32-12-27-11-29-32)17-6-5-16(23)9-18(17)24/h2,4-9,11-14,34H,3,10H2,1H3/b4-2+/t14-,22+/m0/s1. The van der Waals surface area contributed by atoms with Crippen LogP contribution in [0.5, 0.6) is 0 Å². The molecular weight excluding hydrogens is 454 g/mol. The second kappa shape index (κ2) is 9.51. The SMILES string of the molecule is C[C@@H](C/C=C/c1cc(F)c(-n2cnnn2)c(F)c1)[C@](O)(Cn1cncn1)c1ccc(F)cc1F. The van der Waals surface area contributed by atoms with E-state index in [1.165, 1.54) is 29.5 Å². The number of hydrogen-bond donors (Lipinski definition) is 1. The van der Waals surface area contributed by atoms with E-state index in [1.54, 1.807) is 13.0 Å². The van der Waals surface area contributed by atoms with E-state index >= 15 is 0 Å². The van der Waals surface area contributed by atoms with Crippen molar-refractivity contribution in [1.82, 2.24) is 35.0 Å². The van der Waals surface area contributed by atoms with Crippen molar-refractivity contribution in [1.29, 1.82) is 0 Å². The van der Waals surface area contributed by atoms with Crippen LogP contribution in [0.3, 0.4) is 0 Å². The summed E-state index contributed by atoms with van der Waals surface area (Å²) in [5.74, 6) is -4.01. The Kier molecular flexibility index (Phi) is 6.50. The number of halogens is 4. The van der Waals surface area contributed by atoms with Gasteiger partial charge in [-0.15, -0.1) is 5.10 Å². The number of aromatic nitrogens is 7. The fraction of sp³-hybridized carbons (Fsp3) is 0.227. The summed E-state index contributed by atoms with van der Waals surface area (Å²) in [6.07, 6.45) is 6.98. The molecule has 2 heterocycles. The van der Waals surface area contributed by atoms with E-state index in [0.29, 0.717) is 6.07 Å². The minimum Gasteiger partial charge on any atom is -0.383 e. The fourth-order valence-corrected chi connectivity index (χ4v) is 3.68. The van der Waals surface area contributed by atoms with Gasteiger partial charge in [-0.1, -0.05) is 25.1 Å². The van der Waals surface area contributed by atoms with Gasteiger partial charge in [0.25, 0.3) is 0 Å². The lowest BCUT2D eigenvalue weighted by molar-refractivity contribution is -0.0379. The summed E-state index contributed by atoms with van der Waals surface area (Å²) in [6, 6.07) is 5.17. The normalized spacial score (nSPS) is 14.4. The smallest absolute Gasteiger partial charge is 0.152 e. The Morgan fingerprint density at radius 2 is 1.82 bits per heavy atom. The molecule has 2 atom stereocenters. The van der Waals surface area contributed by atoms with Crippen molar-refractivity contribution in [3.8, 4) is 5.69 Å². The number of allylic oxidation sites excluding steroid dienone is 1. The van der Waals surface area contributed by atoms with Crippen LogP contribution in [0.2, 0.25) is 0 Å². The van der Waals surface area contributed by atoms with E-state index in [1.807, 2.05) is 0 Å². The van der Waals surface area contributed by atoms with Gasteiger partial charge in [-0.05, 0) is 46.5 Å². The second-order valence-corrected chi connectivity index (χ2v) is 7.77. The average molecular weight is 473 g/mol. The molecule has 0 saturated heterocycles. The van der Waals surface area contributed by atoms with Crippen LogP contribution >= 0.6 is 0 Å². The van der Waals surface area contributed by atoms with Crippen LogP contribution in [0.1, 0.15) is 24.5 Å². The van der Waals surface area contributed by atoms with Crippen molar-refractivity contribution >= 4 is 6.08 Å². The van der Waals surface area contributed by atoms with Gasteiger partial charge >= 0.3 is 0 Å². The first-order chi connectivity index (χ1) is 16.3.